The maximum absolute atomic E-state index is 12.1. The number of hydrogen-bond acceptors (Lipinski definition) is 4. The van der Waals surface area contributed by atoms with E-state index < -0.39 is 4.92 Å². The molecule has 2 aromatic carbocycles. The van der Waals surface area contributed by atoms with Crippen LogP contribution in [0.25, 0.3) is 0 Å². The van der Waals surface area contributed by atoms with Crippen LogP contribution in [-0.2, 0) is 0 Å². The zero-order chi connectivity index (χ0) is 16.1. The molecule has 0 aromatic heterocycles. The first-order valence-corrected chi connectivity index (χ1v) is 7.57. The molecule has 0 spiro atoms. The maximum Gasteiger partial charge on any atom is 0.271 e. The first-order chi connectivity index (χ1) is 10.5. The van der Waals surface area contributed by atoms with Gasteiger partial charge >= 0.3 is 0 Å². The lowest BCUT2D eigenvalue weighted by atomic mass is 10.2. The summed E-state index contributed by atoms with van der Waals surface area (Å²) >= 11 is 7.11. The van der Waals surface area contributed by atoms with Crippen molar-refractivity contribution in [2.45, 2.75) is 0 Å². The molecule has 2 aromatic rings. The second kappa shape index (κ2) is 7.27. The van der Waals surface area contributed by atoms with Gasteiger partial charge in [0.2, 0.25) is 0 Å². The smallest absolute Gasteiger partial charge is 0.271 e. The monoisotopic (exact) mass is 427 g/mol. The van der Waals surface area contributed by atoms with Gasteiger partial charge in [0.05, 0.1) is 10.5 Å². The van der Waals surface area contributed by atoms with Crippen LogP contribution in [0, 0.1) is 13.7 Å². The lowest BCUT2D eigenvalue weighted by Gasteiger charge is -2.10. The molecule has 8 heteroatoms. The molecule has 1 amide bonds. The van der Waals surface area contributed by atoms with Gasteiger partial charge < -0.3 is 5.32 Å². The summed E-state index contributed by atoms with van der Waals surface area (Å²) in [6, 6.07) is 13.0. The van der Waals surface area contributed by atoms with Crippen LogP contribution in [0.3, 0.4) is 0 Å². The summed E-state index contributed by atoms with van der Waals surface area (Å²) in [6.45, 7) is 0. The minimum Gasteiger partial charge on any atom is -0.332 e. The summed E-state index contributed by atoms with van der Waals surface area (Å²) in [6.07, 6.45) is 0. The minimum atomic E-state index is -0.501. The van der Waals surface area contributed by atoms with Crippen molar-refractivity contribution in [3.05, 3.63) is 67.8 Å². The maximum atomic E-state index is 12.1. The molecule has 0 radical (unpaired) electrons. The SMILES string of the molecule is O=C(NC(=S)Nc1cccc([N+](=O)[O-])c1)c1ccccc1I. The van der Waals surface area contributed by atoms with Crippen molar-refractivity contribution in [1.82, 2.24) is 5.32 Å². The normalized spacial score (nSPS) is 9.86. The lowest BCUT2D eigenvalue weighted by molar-refractivity contribution is -0.384. The van der Waals surface area contributed by atoms with Gasteiger partial charge in [-0.3, -0.25) is 20.2 Å². The standard InChI is InChI=1S/C14H10IN3O3S/c15-12-7-2-1-6-11(12)13(19)17-14(22)16-9-4-3-5-10(8-9)18(20)21/h1-8H,(H2,16,17,19,22). The van der Waals surface area contributed by atoms with Gasteiger partial charge in [0.15, 0.2) is 5.11 Å². The number of anilines is 1. The fourth-order valence-electron chi connectivity index (χ4n) is 1.68. The Kier molecular flexibility index (Phi) is 5.39. The van der Waals surface area contributed by atoms with E-state index in [1.54, 1.807) is 18.2 Å². The number of halogens is 1. The topological polar surface area (TPSA) is 84.3 Å². The fraction of sp³-hybridized carbons (Fsp3) is 0. The van der Waals surface area contributed by atoms with Crippen molar-refractivity contribution in [2.24, 2.45) is 0 Å². The summed E-state index contributed by atoms with van der Waals surface area (Å²) < 4.78 is 0.802. The molecule has 6 nitrogen and oxygen atoms in total. The number of nitrogens with one attached hydrogen (secondary N) is 2. The number of non-ortho nitro benzene ring substituents is 1. The number of rotatable bonds is 3. The molecule has 0 aliphatic rings. The van der Waals surface area contributed by atoms with Crippen molar-refractivity contribution in [3.8, 4) is 0 Å². The molecule has 0 saturated heterocycles. The fourth-order valence-corrected chi connectivity index (χ4v) is 2.52. The lowest BCUT2D eigenvalue weighted by Crippen LogP contribution is -2.34. The molecule has 2 rings (SSSR count). The molecular formula is C14H10IN3O3S. The van der Waals surface area contributed by atoms with E-state index in [4.69, 9.17) is 12.2 Å². The third kappa shape index (κ3) is 4.21. The number of amides is 1. The molecule has 2 N–H and O–H groups in total. The van der Waals surface area contributed by atoms with Crippen LogP contribution >= 0.6 is 34.8 Å². The molecular weight excluding hydrogens is 417 g/mol. The van der Waals surface area contributed by atoms with E-state index in [1.807, 2.05) is 12.1 Å². The van der Waals surface area contributed by atoms with Gasteiger partial charge in [-0.05, 0) is 53.0 Å². The van der Waals surface area contributed by atoms with Gasteiger partial charge in [-0.25, -0.2) is 0 Å². The molecule has 0 aliphatic carbocycles. The van der Waals surface area contributed by atoms with Crippen molar-refractivity contribution in [1.29, 1.82) is 0 Å². The Morgan fingerprint density at radius 2 is 1.91 bits per heavy atom. The Balaban J connectivity index is 2.04. The Hall–Kier alpha value is -2.07. The number of nitro benzene ring substituents is 1. The van der Waals surface area contributed by atoms with Gasteiger partial charge in [0.25, 0.3) is 11.6 Å². The highest BCUT2D eigenvalue weighted by Gasteiger charge is 2.12. The molecule has 0 bridgehead atoms. The second-order valence-electron chi connectivity index (χ2n) is 4.20. The number of carbonyl (C=O) groups is 1. The van der Waals surface area contributed by atoms with Crippen LogP contribution in [0.2, 0.25) is 0 Å². The largest absolute Gasteiger partial charge is 0.332 e. The molecule has 0 saturated carbocycles. The van der Waals surface area contributed by atoms with E-state index in [1.165, 1.54) is 18.2 Å². The number of benzene rings is 2. The van der Waals surface area contributed by atoms with Crippen LogP contribution in [0.4, 0.5) is 11.4 Å². The zero-order valence-electron chi connectivity index (χ0n) is 11.1. The Morgan fingerprint density at radius 1 is 1.18 bits per heavy atom. The minimum absolute atomic E-state index is 0.0586. The highest BCUT2D eigenvalue weighted by atomic mass is 127. The molecule has 112 valence electrons. The van der Waals surface area contributed by atoms with Crippen LogP contribution in [0.15, 0.2) is 48.5 Å². The van der Waals surface area contributed by atoms with E-state index in [9.17, 15) is 14.9 Å². The van der Waals surface area contributed by atoms with E-state index in [2.05, 4.69) is 33.2 Å². The molecule has 0 heterocycles. The predicted octanol–water partition coefficient (Wildman–Crippen LogP) is 3.33. The predicted molar refractivity (Wildman–Crippen MR) is 95.9 cm³/mol. The van der Waals surface area contributed by atoms with Gasteiger partial charge in [0.1, 0.15) is 0 Å². The third-order valence-electron chi connectivity index (χ3n) is 2.66. The second-order valence-corrected chi connectivity index (χ2v) is 5.77. The van der Waals surface area contributed by atoms with Gasteiger partial charge in [-0.1, -0.05) is 18.2 Å². The molecule has 22 heavy (non-hydrogen) atoms. The van der Waals surface area contributed by atoms with Crippen molar-refractivity contribution < 1.29 is 9.72 Å². The van der Waals surface area contributed by atoms with E-state index in [0.717, 1.165) is 3.57 Å². The molecule has 0 atom stereocenters. The van der Waals surface area contributed by atoms with Crippen molar-refractivity contribution in [3.63, 3.8) is 0 Å². The van der Waals surface area contributed by atoms with Crippen LogP contribution in [0.1, 0.15) is 10.4 Å². The first kappa shape index (κ1) is 16.3. The van der Waals surface area contributed by atoms with Crippen molar-refractivity contribution in [2.75, 3.05) is 5.32 Å². The average Bonchev–Trinajstić information content (AvgIpc) is 2.47. The van der Waals surface area contributed by atoms with Crippen molar-refractivity contribution >= 4 is 57.2 Å². The molecule has 0 aliphatic heterocycles. The summed E-state index contributed by atoms with van der Waals surface area (Å²) in [4.78, 5) is 22.3. The number of hydrogen-bond donors (Lipinski definition) is 2. The van der Waals surface area contributed by atoms with E-state index >= 15 is 0 Å². The average molecular weight is 427 g/mol. The summed E-state index contributed by atoms with van der Waals surface area (Å²) in [5.74, 6) is -0.340. The Morgan fingerprint density at radius 3 is 2.59 bits per heavy atom. The van der Waals surface area contributed by atoms with E-state index in [0.29, 0.717) is 11.3 Å². The summed E-state index contributed by atoms with van der Waals surface area (Å²) in [5.41, 5.74) is 0.880. The number of nitro groups is 1. The summed E-state index contributed by atoms with van der Waals surface area (Å²) in [5, 5.41) is 16.1. The van der Waals surface area contributed by atoms with Gasteiger partial charge in [0, 0.05) is 21.4 Å². The third-order valence-corrected chi connectivity index (χ3v) is 3.81. The first-order valence-electron chi connectivity index (χ1n) is 6.08. The molecule has 0 unspecified atom stereocenters. The zero-order valence-corrected chi connectivity index (χ0v) is 14.1. The van der Waals surface area contributed by atoms with Gasteiger partial charge in [-0.15, -0.1) is 0 Å². The Bertz CT molecular complexity index is 752. The van der Waals surface area contributed by atoms with Gasteiger partial charge in [-0.2, -0.15) is 0 Å². The number of nitrogens with zero attached hydrogens (tertiary/aromatic N) is 1. The molecule has 0 fully saturated rings. The van der Waals surface area contributed by atoms with Crippen LogP contribution < -0.4 is 10.6 Å². The number of carbonyl (C=O) groups excluding carboxylic acids is 1. The quantitative estimate of drug-likeness (QED) is 0.340. The highest BCUT2D eigenvalue weighted by Crippen LogP contribution is 2.17. The Labute approximate surface area is 145 Å². The highest BCUT2D eigenvalue weighted by molar-refractivity contribution is 14.1. The van der Waals surface area contributed by atoms with Crippen LogP contribution in [0.5, 0.6) is 0 Å². The van der Waals surface area contributed by atoms with E-state index in [-0.39, 0.29) is 16.7 Å². The van der Waals surface area contributed by atoms with Crippen LogP contribution in [-0.4, -0.2) is 15.9 Å². The number of thiocarbonyl (C=S) groups is 1. The summed E-state index contributed by atoms with van der Waals surface area (Å²) in [7, 11) is 0.